The summed E-state index contributed by atoms with van der Waals surface area (Å²) in [5, 5.41) is 13.5. The van der Waals surface area contributed by atoms with E-state index in [2.05, 4.69) is 83.4 Å². The molecule has 0 aliphatic carbocycles. The fourth-order valence-corrected chi connectivity index (χ4v) is 5.03. The largest absolute Gasteiger partial charge is 0.385 e. The number of hydrogen-bond acceptors (Lipinski definition) is 1. The van der Waals surface area contributed by atoms with E-state index >= 15 is 0 Å². The quantitative estimate of drug-likeness (QED) is 0.445. The van der Waals surface area contributed by atoms with Crippen LogP contribution in [0.3, 0.4) is 0 Å². The second-order valence-electron chi connectivity index (χ2n) is 8.67. The van der Waals surface area contributed by atoms with Crippen molar-refractivity contribution < 1.29 is 14.9 Å². The fourth-order valence-electron chi connectivity index (χ4n) is 5.03. The number of piperazine rings is 1. The van der Waals surface area contributed by atoms with Crippen LogP contribution < -0.4 is 9.80 Å². The molecule has 30 heavy (non-hydrogen) atoms. The third-order valence-electron chi connectivity index (χ3n) is 6.56. The zero-order valence-corrected chi connectivity index (χ0v) is 17.4. The van der Waals surface area contributed by atoms with Crippen molar-refractivity contribution in [2.24, 2.45) is 0 Å². The van der Waals surface area contributed by atoms with Crippen LogP contribution in [0, 0.1) is 0 Å². The Balaban J connectivity index is 1.22. The number of aliphatic hydroxyl groups is 1. The molecule has 1 aliphatic heterocycles. The maximum atomic E-state index is 10.9. The number of nitrogens with zero attached hydrogens (tertiary/aromatic N) is 1. The van der Waals surface area contributed by atoms with Gasteiger partial charge in [0.1, 0.15) is 45.4 Å². The van der Waals surface area contributed by atoms with Crippen molar-refractivity contribution >= 4 is 21.8 Å². The van der Waals surface area contributed by atoms with Crippen molar-refractivity contribution in [2.45, 2.75) is 19.2 Å². The summed E-state index contributed by atoms with van der Waals surface area (Å²) >= 11 is 0. The summed E-state index contributed by atoms with van der Waals surface area (Å²) in [5.74, 6) is 0. The molecular weight excluding hydrogens is 370 g/mol. The molecule has 154 valence electrons. The fraction of sp³-hybridized carbons (Fsp3) is 0.308. The SMILES string of the molecule is O[C@H](Cn1c2ccccc2c2ccccc21)C[NH+]1CC[NH+](Cc2ccccc2)CC1. The topological polar surface area (TPSA) is 34.0 Å². The molecule has 0 radical (unpaired) electrons. The van der Waals surface area contributed by atoms with Crippen molar-refractivity contribution in [3.05, 3.63) is 84.4 Å². The first-order valence-corrected chi connectivity index (χ1v) is 11.1. The number of para-hydroxylation sites is 2. The molecule has 1 fully saturated rings. The predicted molar refractivity (Wildman–Crippen MR) is 122 cm³/mol. The average Bonchev–Trinajstić information content (AvgIpc) is 3.10. The number of aliphatic hydroxyl groups excluding tert-OH is 1. The van der Waals surface area contributed by atoms with Crippen LogP contribution in [0.1, 0.15) is 5.56 Å². The number of hydrogen-bond donors (Lipinski definition) is 3. The number of aromatic nitrogens is 1. The Morgan fingerprint density at radius 2 is 1.23 bits per heavy atom. The predicted octanol–water partition coefficient (Wildman–Crippen LogP) is 1.14. The highest BCUT2D eigenvalue weighted by Crippen LogP contribution is 2.28. The van der Waals surface area contributed by atoms with Gasteiger partial charge in [-0.1, -0.05) is 66.7 Å². The summed E-state index contributed by atoms with van der Waals surface area (Å²) in [4.78, 5) is 3.18. The number of rotatable bonds is 6. The summed E-state index contributed by atoms with van der Waals surface area (Å²) in [6, 6.07) is 27.8. The zero-order valence-electron chi connectivity index (χ0n) is 17.4. The number of nitrogens with one attached hydrogen (secondary N) is 2. The van der Waals surface area contributed by atoms with E-state index in [0.717, 1.165) is 26.2 Å². The Morgan fingerprint density at radius 3 is 1.87 bits per heavy atom. The molecule has 4 nitrogen and oxygen atoms in total. The van der Waals surface area contributed by atoms with Crippen LogP contribution in [-0.4, -0.2) is 48.5 Å². The van der Waals surface area contributed by atoms with Gasteiger partial charge in [0.15, 0.2) is 0 Å². The number of quaternary nitrogens is 2. The molecule has 1 aromatic heterocycles. The van der Waals surface area contributed by atoms with Crippen LogP contribution in [-0.2, 0) is 13.1 Å². The normalized spacial score (nSPS) is 20.6. The third kappa shape index (κ3) is 3.99. The molecule has 1 saturated heterocycles. The summed E-state index contributed by atoms with van der Waals surface area (Å²) in [6.45, 7) is 7.19. The van der Waals surface area contributed by atoms with E-state index in [4.69, 9.17) is 0 Å². The van der Waals surface area contributed by atoms with Gasteiger partial charge in [0, 0.05) is 27.4 Å². The third-order valence-corrected chi connectivity index (χ3v) is 6.56. The van der Waals surface area contributed by atoms with Crippen LogP contribution in [0.25, 0.3) is 21.8 Å². The van der Waals surface area contributed by atoms with Gasteiger partial charge in [-0.05, 0) is 12.1 Å². The van der Waals surface area contributed by atoms with E-state index in [1.54, 1.807) is 4.90 Å². The maximum Gasteiger partial charge on any atom is 0.127 e. The van der Waals surface area contributed by atoms with Crippen LogP contribution in [0.15, 0.2) is 78.9 Å². The molecule has 0 bridgehead atoms. The maximum absolute atomic E-state index is 10.9. The molecule has 0 saturated carbocycles. The minimum Gasteiger partial charge on any atom is -0.385 e. The molecule has 0 spiro atoms. The van der Waals surface area contributed by atoms with E-state index in [1.165, 1.54) is 45.4 Å². The van der Waals surface area contributed by atoms with Crippen LogP contribution >= 0.6 is 0 Å². The zero-order chi connectivity index (χ0) is 20.3. The van der Waals surface area contributed by atoms with Gasteiger partial charge >= 0.3 is 0 Å². The van der Waals surface area contributed by atoms with Gasteiger partial charge in [0.05, 0.1) is 6.54 Å². The Bertz CT molecular complexity index is 1060. The van der Waals surface area contributed by atoms with Gasteiger partial charge in [-0.25, -0.2) is 0 Å². The first-order valence-electron chi connectivity index (χ1n) is 11.1. The highest BCUT2D eigenvalue weighted by molar-refractivity contribution is 6.07. The molecule has 4 aromatic rings. The monoisotopic (exact) mass is 401 g/mol. The van der Waals surface area contributed by atoms with Crippen molar-refractivity contribution in [1.82, 2.24) is 4.57 Å². The average molecular weight is 402 g/mol. The summed E-state index contributed by atoms with van der Waals surface area (Å²) in [7, 11) is 0. The Hall–Kier alpha value is -2.66. The molecule has 4 heteroatoms. The van der Waals surface area contributed by atoms with Crippen LogP contribution in [0.2, 0.25) is 0 Å². The van der Waals surface area contributed by atoms with Crippen molar-refractivity contribution in [3.8, 4) is 0 Å². The Kier molecular flexibility index (Phi) is 5.54. The molecule has 5 rings (SSSR count). The lowest BCUT2D eigenvalue weighted by Crippen LogP contribution is -3.28. The summed E-state index contributed by atoms with van der Waals surface area (Å²) in [6.07, 6.45) is -0.338. The first kappa shape index (κ1) is 19.3. The second kappa shape index (κ2) is 8.60. The van der Waals surface area contributed by atoms with Crippen molar-refractivity contribution in [1.29, 1.82) is 0 Å². The van der Waals surface area contributed by atoms with Gasteiger partial charge in [0.25, 0.3) is 0 Å². The van der Waals surface area contributed by atoms with E-state index in [1.807, 2.05) is 0 Å². The molecule has 0 unspecified atom stereocenters. The van der Waals surface area contributed by atoms with Gasteiger partial charge in [-0.3, -0.25) is 0 Å². The molecule has 3 aromatic carbocycles. The van der Waals surface area contributed by atoms with E-state index in [-0.39, 0.29) is 6.10 Å². The van der Waals surface area contributed by atoms with Crippen molar-refractivity contribution in [2.75, 3.05) is 32.7 Å². The lowest BCUT2D eigenvalue weighted by molar-refractivity contribution is -1.02. The lowest BCUT2D eigenvalue weighted by Gasteiger charge is -2.31. The van der Waals surface area contributed by atoms with Crippen LogP contribution in [0.4, 0.5) is 0 Å². The van der Waals surface area contributed by atoms with Gasteiger partial charge in [0.2, 0.25) is 0 Å². The van der Waals surface area contributed by atoms with Gasteiger partial charge < -0.3 is 19.5 Å². The molecule has 0 amide bonds. The molecular formula is C26H31N3O+2. The van der Waals surface area contributed by atoms with Crippen molar-refractivity contribution in [3.63, 3.8) is 0 Å². The van der Waals surface area contributed by atoms with E-state index < -0.39 is 0 Å². The van der Waals surface area contributed by atoms with E-state index in [9.17, 15) is 5.11 Å². The highest BCUT2D eigenvalue weighted by Gasteiger charge is 2.25. The minimum absolute atomic E-state index is 0.338. The number of benzene rings is 3. The smallest absolute Gasteiger partial charge is 0.127 e. The first-order chi connectivity index (χ1) is 14.8. The lowest BCUT2D eigenvalue weighted by atomic mass is 10.2. The molecule has 3 N–H and O–H groups in total. The van der Waals surface area contributed by atoms with Gasteiger partial charge in [-0.15, -0.1) is 0 Å². The minimum atomic E-state index is -0.338. The summed E-state index contributed by atoms with van der Waals surface area (Å²) < 4.78 is 2.30. The number of fused-ring (bicyclic) bond motifs is 3. The molecule has 1 atom stereocenters. The standard InChI is InChI=1S/C26H29N3O/c30-22(19-28-16-14-27(15-17-28)18-21-8-2-1-3-9-21)20-29-25-12-6-4-10-23(25)24-11-5-7-13-26(24)29/h1-13,22,30H,14-20H2/p+2/t22-/m0/s1. The highest BCUT2D eigenvalue weighted by atomic mass is 16.3. The molecule has 2 heterocycles. The summed E-state index contributed by atoms with van der Waals surface area (Å²) in [5.41, 5.74) is 3.84. The van der Waals surface area contributed by atoms with Gasteiger partial charge in [-0.2, -0.15) is 0 Å². The van der Waals surface area contributed by atoms with E-state index in [0.29, 0.717) is 6.54 Å². The second-order valence-corrected chi connectivity index (χ2v) is 8.67. The Morgan fingerprint density at radius 1 is 0.700 bits per heavy atom. The molecule has 1 aliphatic rings. The Labute approximate surface area is 177 Å². The van der Waals surface area contributed by atoms with Crippen LogP contribution in [0.5, 0.6) is 0 Å².